The number of hydrogen-bond acceptors (Lipinski definition) is 7. The fourth-order valence-electron chi connectivity index (χ4n) is 3.30. The van der Waals surface area contributed by atoms with Gasteiger partial charge in [0.15, 0.2) is 11.6 Å². The smallest absolute Gasteiger partial charge is 0.258 e. The molecule has 8 nitrogen and oxygen atoms in total. The van der Waals surface area contributed by atoms with Crippen LogP contribution in [-0.2, 0) is 6.54 Å². The van der Waals surface area contributed by atoms with Crippen molar-refractivity contribution in [2.75, 3.05) is 0 Å². The highest BCUT2D eigenvalue weighted by atomic mass is 32.1. The molecule has 1 N–H and O–H groups in total. The molecule has 0 fully saturated rings. The quantitative estimate of drug-likeness (QED) is 0.427. The fraction of sp³-hybridized carbons (Fsp3) is 0.0952. The summed E-state index contributed by atoms with van der Waals surface area (Å²) in [5, 5.41) is 8.67. The van der Waals surface area contributed by atoms with Crippen molar-refractivity contribution in [1.82, 2.24) is 29.7 Å². The van der Waals surface area contributed by atoms with Crippen molar-refractivity contribution >= 4 is 23.5 Å². The van der Waals surface area contributed by atoms with E-state index in [2.05, 4.69) is 25.1 Å². The molecule has 4 heterocycles. The molecule has 1 atom stereocenters. The minimum Gasteiger partial charge on any atom is -0.467 e. The molecule has 1 aromatic carbocycles. The molecule has 1 unspecified atom stereocenters. The van der Waals surface area contributed by atoms with E-state index < -0.39 is 5.25 Å². The van der Waals surface area contributed by atoms with Crippen LogP contribution in [0.25, 0.3) is 22.3 Å². The van der Waals surface area contributed by atoms with Crippen LogP contribution in [0.4, 0.5) is 0 Å². The van der Waals surface area contributed by atoms with E-state index in [-0.39, 0.29) is 5.56 Å². The number of furan rings is 1. The van der Waals surface area contributed by atoms with E-state index >= 15 is 0 Å². The predicted octanol–water partition coefficient (Wildman–Crippen LogP) is 3.24. The normalized spacial score (nSPS) is 12.3. The Bertz CT molecular complexity index is 1360. The third-order valence-corrected chi connectivity index (χ3v) is 5.22. The predicted molar refractivity (Wildman–Crippen MR) is 114 cm³/mol. The van der Waals surface area contributed by atoms with Crippen LogP contribution in [0.15, 0.2) is 76.4 Å². The Hall–Kier alpha value is -3.72. The summed E-state index contributed by atoms with van der Waals surface area (Å²) in [7, 11) is 0. The molecule has 0 radical (unpaired) electrons. The summed E-state index contributed by atoms with van der Waals surface area (Å²) in [6, 6.07) is 14.6. The summed E-state index contributed by atoms with van der Waals surface area (Å²) in [6.45, 7) is 0.405. The van der Waals surface area contributed by atoms with Gasteiger partial charge in [-0.15, -0.1) is 10.2 Å². The molecule has 9 heteroatoms. The Morgan fingerprint density at radius 1 is 1.07 bits per heavy atom. The minimum atomic E-state index is -0.597. The molecular weight excluding hydrogens is 400 g/mol. The largest absolute Gasteiger partial charge is 0.467 e. The third-order valence-electron chi connectivity index (χ3n) is 4.75. The van der Waals surface area contributed by atoms with Crippen LogP contribution in [0.5, 0.6) is 0 Å². The van der Waals surface area contributed by atoms with Crippen LogP contribution in [0.3, 0.4) is 0 Å². The molecule has 4 aromatic heterocycles. The Labute approximate surface area is 176 Å². The lowest BCUT2D eigenvalue weighted by Gasteiger charge is -2.14. The van der Waals surface area contributed by atoms with Crippen LogP contribution < -0.4 is 5.56 Å². The number of pyridine rings is 1. The van der Waals surface area contributed by atoms with Crippen molar-refractivity contribution in [3.05, 3.63) is 95.0 Å². The molecule has 0 spiro atoms. The maximum absolute atomic E-state index is 12.5. The Kier molecular flexibility index (Phi) is 4.64. The molecule has 5 rings (SSSR count). The first-order chi connectivity index (χ1) is 14.7. The van der Waals surface area contributed by atoms with E-state index in [1.165, 1.54) is 0 Å². The van der Waals surface area contributed by atoms with E-state index in [0.29, 0.717) is 34.9 Å². The molecule has 0 saturated heterocycles. The first-order valence-electron chi connectivity index (χ1n) is 9.23. The number of nitrogens with zero attached hydrogens (tertiary/aromatic N) is 5. The number of para-hydroxylation sites is 1. The lowest BCUT2D eigenvalue weighted by molar-refractivity contribution is 0.490. The maximum Gasteiger partial charge on any atom is 0.258 e. The van der Waals surface area contributed by atoms with Crippen LogP contribution >= 0.6 is 12.6 Å². The number of thiol groups is 1. The summed E-state index contributed by atoms with van der Waals surface area (Å²) < 4.78 is 7.43. The molecule has 0 aliphatic heterocycles. The monoisotopic (exact) mass is 416 g/mol. The Balaban J connectivity index is 1.63. The van der Waals surface area contributed by atoms with E-state index in [9.17, 15) is 4.79 Å². The van der Waals surface area contributed by atoms with Gasteiger partial charge < -0.3 is 14.0 Å². The SMILES string of the molecule is O=c1[nH]c(C(S)c2nnc(-c3ccncc3)n2Cc2ccco2)nc2ccccc12. The standard InChI is InChI=1S/C21H16N6O2S/c28-21-15-5-1-2-6-16(15)23-18(24-21)17(30)20-26-25-19(13-7-9-22-10-8-13)27(20)12-14-4-3-11-29-14/h1-11,17,30H,12H2,(H,23,24,28). The van der Waals surface area contributed by atoms with Gasteiger partial charge in [0.25, 0.3) is 5.56 Å². The minimum absolute atomic E-state index is 0.221. The van der Waals surface area contributed by atoms with E-state index in [4.69, 9.17) is 17.0 Å². The molecule has 0 aliphatic carbocycles. The van der Waals surface area contributed by atoms with Gasteiger partial charge in [-0.1, -0.05) is 12.1 Å². The first kappa shape index (κ1) is 18.3. The van der Waals surface area contributed by atoms with Crippen LogP contribution in [0.1, 0.15) is 22.7 Å². The van der Waals surface area contributed by atoms with Crippen LogP contribution in [0.2, 0.25) is 0 Å². The Morgan fingerprint density at radius 3 is 2.70 bits per heavy atom. The zero-order chi connectivity index (χ0) is 20.5. The van der Waals surface area contributed by atoms with E-state index in [0.717, 1.165) is 11.3 Å². The van der Waals surface area contributed by atoms with Gasteiger partial charge in [0.1, 0.15) is 16.8 Å². The first-order valence-corrected chi connectivity index (χ1v) is 9.75. The van der Waals surface area contributed by atoms with Crippen molar-refractivity contribution in [2.24, 2.45) is 0 Å². The lowest BCUT2D eigenvalue weighted by atomic mass is 10.2. The summed E-state index contributed by atoms with van der Waals surface area (Å²) >= 11 is 4.73. The number of aromatic amines is 1. The number of hydrogen-bond donors (Lipinski definition) is 2. The average Bonchev–Trinajstić information content (AvgIpc) is 3.44. The molecule has 0 saturated carbocycles. The number of nitrogens with one attached hydrogen (secondary N) is 1. The highest BCUT2D eigenvalue weighted by molar-refractivity contribution is 7.80. The fourth-order valence-corrected chi connectivity index (χ4v) is 3.62. The van der Waals surface area contributed by atoms with Gasteiger partial charge in [-0.25, -0.2) is 4.98 Å². The molecule has 148 valence electrons. The van der Waals surface area contributed by atoms with Gasteiger partial charge >= 0.3 is 0 Å². The van der Waals surface area contributed by atoms with Crippen molar-refractivity contribution in [3.8, 4) is 11.4 Å². The van der Waals surface area contributed by atoms with Gasteiger partial charge in [0, 0.05) is 18.0 Å². The van der Waals surface area contributed by atoms with Gasteiger partial charge in [-0.05, 0) is 36.4 Å². The highest BCUT2D eigenvalue weighted by Gasteiger charge is 2.24. The Morgan fingerprint density at radius 2 is 1.90 bits per heavy atom. The zero-order valence-electron chi connectivity index (χ0n) is 15.6. The van der Waals surface area contributed by atoms with Crippen molar-refractivity contribution in [2.45, 2.75) is 11.8 Å². The average molecular weight is 416 g/mol. The topological polar surface area (TPSA) is 102 Å². The third kappa shape index (κ3) is 3.29. The molecule has 5 aromatic rings. The van der Waals surface area contributed by atoms with Crippen LogP contribution in [0, 0.1) is 0 Å². The number of fused-ring (bicyclic) bond motifs is 1. The van der Waals surface area contributed by atoms with Crippen LogP contribution in [-0.4, -0.2) is 29.7 Å². The van der Waals surface area contributed by atoms with Crippen molar-refractivity contribution in [1.29, 1.82) is 0 Å². The number of H-pyrrole nitrogens is 1. The molecule has 0 bridgehead atoms. The second-order valence-corrected chi connectivity index (χ2v) is 7.17. The molecule has 0 aliphatic rings. The van der Waals surface area contributed by atoms with Gasteiger partial charge in [-0.2, -0.15) is 12.6 Å². The van der Waals surface area contributed by atoms with Crippen molar-refractivity contribution in [3.63, 3.8) is 0 Å². The van der Waals surface area contributed by atoms with E-state index in [1.807, 2.05) is 34.9 Å². The van der Waals surface area contributed by atoms with Gasteiger partial charge in [0.2, 0.25) is 0 Å². The highest BCUT2D eigenvalue weighted by Crippen LogP contribution is 2.29. The second kappa shape index (κ2) is 7.60. The maximum atomic E-state index is 12.5. The lowest BCUT2D eigenvalue weighted by Crippen LogP contribution is -2.16. The molecular formula is C21H16N6O2S. The number of benzene rings is 1. The molecule has 0 amide bonds. The summed E-state index contributed by atoms with van der Waals surface area (Å²) in [6.07, 6.45) is 5.01. The van der Waals surface area contributed by atoms with E-state index in [1.54, 1.807) is 36.9 Å². The van der Waals surface area contributed by atoms with Gasteiger partial charge in [0.05, 0.1) is 23.7 Å². The number of aromatic nitrogens is 6. The summed E-state index contributed by atoms with van der Waals surface area (Å²) in [4.78, 5) is 24.0. The molecule has 30 heavy (non-hydrogen) atoms. The summed E-state index contributed by atoms with van der Waals surface area (Å²) in [5.74, 6) is 2.33. The number of rotatable bonds is 5. The van der Waals surface area contributed by atoms with Crippen molar-refractivity contribution < 1.29 is 4.42 Å². The second-order valence-electron chi connectivity index (χ2n) is 6.65. The van der Waals surface area contributed by atoms with Gasteiger partial charge in [-0.3, -0.25) is 9.78 Å². The summed E-state index contributed by atoms with van der Waals surface area (Å²) in [5.41, 5.74) is 1.23. The zero-order valence-corrected chi connectivity index (χ0v) is 16.5.